The molecule has 0 aliphatic heterocycles. The van der Waals surface area contributed by atoms with Crippen LogP contribution in [-0.2, 0) is 21.0 Å². The Morgan fingerprint density at radius 2 is 1.58 bits per heavy atom. The van der Waals surface area contributed by atoms with Crippen molar-refractivity contribution in [3.05, 3.63) is 42.0 Å². The van der Waals surface area contributed by atoms with Gasteiger partial charge in [-0.2, -0.15) is 17.6 Å². The number of aryl methyl sites for hydroxylation is 1. The first-order valence-corrected chi connectivity index (χ1v) is 14.2. The highest BCUT2D eigenvalue weighted by Gasteiger charge is 2.68. The van der Waals surface area contributed by atoms with Gasteiger partial charge in [0, 0.05) is 22.2 Å². The highest BCUT2D eigenvalue weighted by Crippen LogP contribution is 2.58. The molecule has 2 aliphatic carbocycles. The minimum atomic E-state index is -6.35. The number of fused-ring (bicyclic) bond motifs is 3. The summed E-state index contributed by atoms with van der Waals surface area (Å²) < 4.78 is 84.0. The molecule has 184 valence electrons. The van der Waals surface area contributed by atoms with E-state index in [1.54, 1.807) is 4.90 Å². The summed E-state index contributed by atoms with van der Waals surface area (Å²) >= 11 is 0. The molecule has 0 amide bonds. The molecule has 0 heterocycles. The zero-order chi connectivity index (χ0) is 24.6. The minimum Gasteiger partial charge on any atom is -0.743 e. The van der Waals surface area contributed by atoms with E-state index in [0.717, 1.165) is 0 Å². The van der Waals surface area contributed by atoms with Gasteiger partial charge in [0.2, 0.25) is 0 Å². The van der Waals surface area contributed by atoms with Crippen LogP contribution in [0.4, 0.5) is 17.6 Å². The van der Waals surface area contributed by atoms with Crippen molar-refractivity contribution in [3.63, 3.8) is 0 Å². The van der Waals surface area contributed by atoms with E-state index in [2.05, 4.69) is 57.2 Å². The molecule has 2 fully saturated rings. The molecule has 2 saturated carbocycles. The molecule has 0 spiro atoms. The van der Waals surface area contributed by atoms with Gasteiger partial charge in [-0.1, -0.05) is 30.7 Å². The zero-order valence-corrected chi connectivity index (χ0v) is 20.6. The zero-order valence-electron chi connectivity index (χ0n) is 19.0. The average Bonchev–Trinajstić information content (AvgIpc) is 3.40. The highest BCUT2D eigenvalue weighted by molar-refractivity contribution is 7.97. The van der Waals surface area contributed by atoms with Crippen LogP contribution in [0.1, 0.15) is 45.1 Å². The van der Waals surface area contributed by atoms with Crippen molar-refractivity contribution in [1.29, 1.82) is 0 Å². The van der Waals surface area contributed by atoms with Crippen LogP contribution >= 0.6 is 0 Å². The van der Waals surface area contributed by atoms with Gasteiger partial charge in [0.25, 0.3) is 0 Å². The molecule has 2 aromatic rings. The van der Waals surface area contributed by atoms with Crippen molar-refractivity contribution in [2.24, 2.45) is 17.8 Å². The molecule has 3 unspecified atom stereocenters. The first-order valence-electron chi connectivity index (χ1n) is 11.2. The Morgan fingerprint density at radius 1 is 0.970 bits per heavy atom. The van der Waals surface area contributed by atoms with Crippen molar-refractivity contribution >= 4 is 31.8 Å². The molecule has 4 rings (SSSR count). The Morgan fingerprint density at radius 3 is 2.06 bits per heavy atom. The standard InChI is InChI=1S/C15H19S.C9H12F4O3S/c1-4-16(5-2)15-11-10-12(3)13-8-6-7-9-14(13)15;10-8(11,9(12,13)17(14,15)16)7-4-5-1-2-6(7)3-5/h6-11H,4-5H2,1-3H3;5-7H,1-4H2,(H,14,15,16)/q+1;/p-1. The summed E-state index contributed by atoms with van der Waals surface area (Å²) in [5, 5.41) is -2.65. The molecule has 2 bridgehead atoms. The topological polar surface area (TPSA) is 57.2 Å². The largest absolute Gasteiger partial charge is 0.743 e. The lowest BCUT2D eigenvalue weighted by Gasteiger charge is -2.36. The Balaban J connectivity index is 0.000000186. The first kappa shape index (κ1) is 26.3. The maximum Gasteiger partial charge on any atom is 0.396 e. The van der Waals surface area contributed by atoms with E-state index in [1.807, 2.05) is 0 Å². The molecular formula is C24H30F4O3S2. The molecular weight excluding hydrogens is 476 g/mol. The molecule has 0 N–H and O–H groups in total. The van der Waals surface area contributed by atoms with E-state index < -0.39 is 33.1 Å². The van der Waals surface area contributed by atoms with E-state index in [4.69, 9.17) is 0 Å². The van der Waals surface area contributed by atoms with Crippen molar-refractivity contribution in [3.8, 4) is 0 Å². The summed E-state index contributed by atoms with van der Waals surface area (Å²) in [4.78, 5) is 1.55. The third-order valence-electron chi connectivity index (χ3n) is 7.02. The summed E-state index contributed by atoms with van der Waals surface area (Å²) in [5.41, 5.74) is 1.38. The van der Waals surface area contributed by atoms with Crippen LogP contribution in [0.25, 0.3) is 10.8 Å². The molecule has 2 aliphatic rings. The van der Waals surface area contributed by atoms with Gasteiger partial charge in [-0.05, 0) is 75.0 Å². The van der Waals surface area contributed by atoms with Crippen LogP contribution in [0.15, 0.2) is 41.3 Å². The normalized spacial score (nSPS) is 23.1. The fourth-order valence-electron chi connectivity index (χ4n) is 5.26. The molecule has 33 heavy (non-hydrogen) atoms. The smallest absolute Gasteiger partial charge is 0.396 e. The quantitative estimate of drug-likeness (QED) is 0.260. The summed E-state index contributed by atoms with van der Waals surface area (Å²) in [6.45, 7) is 6.78. The number of hydrogen-bond acceptors (Lipinski definition) is 3. The second kappa shape index (κ2) is 9.74. The number of hydrogen-bond donors (Lipinski definition) is 0. The molecule has 9 heteroatoms. The summed E-state index contributed by atoms with van der Waals surface area (Å²) in [6.07, 6.45) is 1.42. The average molecular weight is 507 g/mol. The second-order valence-electron chi connectivity index (χ2n) is 8.87. The number of rotatable bonds is 6. The van der Waals surface area contributed by atoms with Gasteiger partial charge in [0.05, 0.1) is 0 Å². The van der Waals surface area contributed by atoms with E-state index in [1.165, 1.54) is 27.8 Å². The number of benzene rings is 2. The lowest BCUT2D eigenvalue weighted by Crippen LogP contribution is -2.52. The Hall–Kier alpha value is -1.32. The first-order chi connectivity index (χ1) is 15.3. The van der Waals surface area contributed by atoms with Crippen LogP contribution in [0.2, 0.25) is 0 Å². The van der Waals surface area contributed by atoms with Gasteiger partial charge in [0.1, 0.15) is 11.5 Å². The maximum atomic E-state index is 13.5. The van der Waals surface area contributed by atoms with Crippen LogP contribution in [0.5, 0.6) is 0 Å². The molecule has 3 atom stereocenters. The fraction of sp³-hybridized carbons (Fsp3) is 0.583. The Labute approximate surface area is 196 Å². The van der Waals surface area contributed by atoms with Gasteiger partial charge in [-0.3, -0.25) is 0 Å². The van der Waals surface area contributed by atoms with Gasteiger partial charge in [0.15, 0.2) is 15.0 Å². The molecule has 0 aromatic heterocycles. The lowest BCUT2D eigenvalue weighted by atomic mass is 9.84. The van der Waals surface area contributed by atoms with Crippen molar-refractivity contribution < 1.29 is 30.5 Å². The van der Waals surface area contributed by atoms with Crippen molar-refractivity contribution in [2.45, 2.75) is 62.5 Å². The molecule has 2 aromatic carbocycles. The number of halogens is 4. The van der Waals surface area contributed by atoms with E-state index in [-0.39, 0.29) is 12.3 Å². The van der Waals surface area contributed by atoms with E-state index >= 15 is 0 Å². The van der Waals surface area contributed by atoms with Gasteiger partial charge in [-0.25, -0.2) is 8.42 Å². The van der Waals surface area contributed by atoms with Crippen molar-refractivity contribution in [2.75, 3.05) is 11.5 Å². The lowest BCUT2D eigenvalue weighted by molar-refractivity contribution is -0.202. The predicted molar refractivity (Wildman–Crippen MR) is 124 cm³/mol. The van der Waals surface area contributed by atoms with Crippen LogP contribution < -0.4 is 0 Å². The van der Waals surface area contributed by atoms with Crippen LogP contribution in [0, 0.1) is 24.7 Å². The van der Waals surface area contributed by atoms with Gasteiger partial charge in [-0.15, -0.1) is 0 Å². The van der Waals surface area contributed by atoms with E-state index in [0.29, 0.717) is 30.2 Å². The third-order valence-corrected chi connectivity index (χ3v) is 10.3. The molecule has 0 saturated heterocycles. The summed E-state index contributed by atoms with van der Waals surface area (Å²) in [6, 6.07) is 13.4. The SMILES string of the molecule is CC[S+](CC)c1ccc(C)c2ccccc12.O=S(=O)([O-])C(F)(F)C(F)(F)C1CC2CCC1C2. The molecule has 0 radical (unpaired) electrons. The number of alkyl halides is 4. The molecule has 3 nitrogen and oxygen atoms in total. The fourth-order valence-corrected chi connectivity index (χ4v) is 7.52. The summed E-state index contributed by atoms with van der Waals surface area (Å²) in [5.74, 6) is -4.59. The van der Waals surface area contributed by atoms with Gasteiger partial charge >= 0.3 is 11.2 Å². The minimum absolute atomic E-state index is 0.0407. The third kappa shape index (κ3) is 4.91. The predicted octanol–water partition coefficient (Wildman–Crippen LogP) is 6.36. The van der Waals surface area contributed by atoms with E-state index in [9.17, 15) is 30.5 Å². The summed E-state index contributed by atoms with van der Waals surface area (Å²) in [7, 11) is -5.93. The Kier molecular flexibility index (Phi) is 7.76. The monoisotopic (exact) mass is 506 g/mol. The van der Waals surface area contributed by atoms with Crippen LogP contribution in [-0.4, -0.2) is 35.7 Å². The van der Waals surface area contributed by atoms with Gasteiger partial charge < -0.3 is 4.55 Å². The highest BCUT2D eigenvalue weighted by atomic mass is 32.2. The van der Waals surface area contributed by atoms with Crippen LogP contribution in [0.3, 0.4) is 0 Å². The maximum absolute atomic E-state index is 13.5. The second-order valence-corrected chi connectivity index (χ2v) is 12.9. The Bertz CT molecular complexity index is 1080. The van der Waals surface area contributed by atoms with Crippen molar-refractivity contribution in [1.82, 2.24) is 0 Å².